The minimum atomic E-state index is -0.424. The number of rotatable bonds is 14. The molecular formula is C32H41N5O3. The average Bonchev–Trinajstić information content (AvgIpc) is 2.99. The summed E-state index contributed by atoms with van der Waals surface area (Å²) in [7, 11) is 0. The second kappa shape index (κ2) is 15.0. The second-order valence-electron chi connectivity index (χ2n) is 10.3. The minimum Gasteiger partial charge on any atom is -0.491 e. The zero-order valence-electron chi connectivity index (χ0n) is 23.8. The molecule has 3 aromatic rings. The number of azo groups is 1. The molecule has 0 atom stereocenters. The van der Waals surface area contributed by atoms with Crippen molar-refractivity contribution in [1.29, 1.82) is 0 Å². The standard InChI is InChI=1S/C32H41N5O3/c1-3-5-7-9-26-10-14-28(15-11-26)35-20-22-36(23-21-35)30-18-19-31(32(25-30)40-24-8-6-4-2)34-33-27-12-16-29(17-13-27)37(38)39/h10-19,25H,3-9,20-24H2,1-2H3. The lowest BCUT2D eigenvalue weighted by Gasteiger charge is -2.37. The Morgan fingerprint density at radius 2 is 1.40 bits per heavy atom. The van der Waals surface area contributed by atoms with Crippen LogP contribution in [0.3, 0.4) is 0 Å². The van der Waals surface area contributed by atoms with Gasteiger partial charge in [-0.25, -0.2) is 0 Å². The van der Waals surface area contributed by atoms with Crippen molar-refractivity contribution in [2.75, 3.05) is 42.6 Å². The summed E-state index contributed by atoms with van der Waals surface area (Å²) in [5, 5.41) is 19.6. The van der Waals surface area contributed by atoms with Crippen molar-refractivity contribution in [1.82, 2.24) is 0 Å². The first kappa shape index (κ1) is 29.1. The first-order valence-corrected chi connectivity index (χ1v) is 14.6. The van der Waals surface area contributed by atoms with Crippen LogP contribution in [-0.2, 0) is 6.42 Å². The maximum atomic E-state index is 10.9. The van der Waals surface area contributed by atoms with Gasteiger partial charge in [0, 0.05) is 55.8 Å². The predicted molar refractivity (Wildman–Crippen MR) is 163 cm³/mol. The maximum absolute atomic E-state index is 10.9. The Labute approximate surface area is 237 Å². The van der Waals surface area contributed by atoms with Gasteiger partial charge in [0.1, 0.15) is 11.4 Å². The first-order chi connectivity index (χ1) is 19.6. The predicted octanol–water partition coefficient (Wildman–Crippen LogP) is 8.64. The Balaban J connectivity index is 1.41. The first-order valence-electron chi connectivity index (χ1n) is 14.6. The fraction of sp³-hybridized carbons (Fsp3) is 0.438. The van der Waals surface area contributed by atoms with Gasteiger partial charge in [-0.15, -0.1) is 5.11 Å². The van der Waals surface area contributed by atoms with E-state index in [4.69, 9.17) is 4.74 Å². The molecule has 3 aromatic carbocycles. The summed E-state index contributed by atoms with van der Waals surface area (Å²) in [5.41, 5.74) is 5.07. The number of hydrogen-bond acceptors (Lipinski definition) is 7. The van der Waals surface area contributed by atoms with Crippen LogP contribution >= 0.6 is 0 Å². The van der Waals surface area contributed by atoms with E-state index in [1.165, 1.54) is 42.6 Å². The molecule has 0 bridgehead atoms. The minimum absolute atomic E-state index is 0.0303. The third-order valence-corrected chi connectivity index (χ3v) is 7.30. The number of non-ortho nitro benzene ring substituents is 1. The van der Waals surface area contributed by atoms with E-state index in [9.17, 15) is 10.1 Å². The molecule has 0 aliphatic carbocycles. The van der Waals surface area contributed by atoms with Gasteiger partial charge in [0.05, 0.1) is 17.2 Å². The normalized spacial score (nSPS) is 13.7. The monoisotopic (exact) mass is 543 g/mol. The SMILES string of the molecule is CCCCCOc1cc(N2CCN(c3ccc(CCCCC)cc3)CC2)ccc1N=Nc1ccc([N+](=O)[O-])cc1. The number of benzene rings is 3. The lowest BCUT2D eigenvalue weighted by atomic mass is 10.1. The number of ether oxygens (including phenoxy) is 1. The molecule has 0 N–H and O–H groups in total. The van der Waals surface area contributed by atoms with Gasteiger partial charge in [-0.05, 0) is 61.2 Å². The number of hydrogen-bond donors (Lipinski definition) is 0. The summed E-state index contributed by atoms with van der Waals surface area (Å²) in [6.45, 7) is 8.82. The molecule has 1 aliphatic rings. The summed E-state index contributed by atoms with van der Waals surface area (Å²) in [5.74, 6) is 0.709. The van der Waals surface area contributed by atoms with Crippen molar-refractivity contribution in [3.63, 3.8) is 0 Å². The highest BCUT2D eigenvalue weighted by Gasteiger charge is 2.19. The molecule has 1 aliphatic heterocycles. The molecule has 0 spiro atoms. The molecule has 1 saturated heterocycles. The molecule has 0 unspecified atom stereocenters. The van der Waals surface area contributed by atoms with E-state index >= 15 is 0 Å². The third kappa shape index (κ3) is 8.28. The Morgan fingerprint density at radius 1 is 0.775 bits per heavy atom. The highest BCUT2D eigenvalue weighted by atomic mass is 16.6. The van der Waals surface area contributed by atoms with Crippen LogP contribution in [0.5, 0.6) is 5.75 Å². The third-order valence-electron chi connectivity index (χ3n) is 7.30. The van der Waals surface area contributed by atoms with E-state index < -0.39 is 4.92 Å². The Bertz CT molecular complexity index is 1240. The lowest BCUT2D eigenvalue weighted by molar-refractivity contribution is -0.384. The number of aryl methyl sites for hydroxylation is 1. The van der Waals surface area contributed by atoms with Crippen molar-refractivity contribution in [2.45, 2.75) is 58.8 Å². The van der Waals surface area contributed by atoms with E-state index in [2.05, 4.69) is 70.3 Å². The van der Waals surface area contributed by atoms with Gasteiger partial charge in [0.25, 0.3) is 5.69 Å². The summed E-state index contributed by atoms with van der Waals surface area (Å²) >= 11 is 0. The quantitative estimate of drug-likeness (QED) is 0.0879. The van der Waals surface area contributed by atoms with Gasteiger partial charge in [-0.1, -0.05) is 51.7 Å². The topological polar surface area (TPSA) is 83.6 Å². The van der Waals surface area contributed by atoms with Gasteiger partial charge in [0.2, 0.25) is 0 Å². The zero-order valence-corrected chi connectivity index (χ0v) is 23.8. The van der Waals surface area contributed by atoms with Crippen LogP contribution < -0.4 is 14.5 Å². The molecule has 0 radical (unpaired) electrons. The van der Waals surface area contributed by atoms with E-state index in [1.807, 2.05) is 6.07 Å². The molecule has 4 rings (SSSR count). The van der Waals surface area contributed by atoms with Crippen LogP contribution in [0.1, 0.15) is 57.9 Å². The molecule has 0 aromatic heterocycles. The summed E-state index contributed by atoms with van der Waals surface area (Å²) in [6, 6.07) is 21.2. The fourth-order valence-corrected chi connectivity index (χ4v) is 4.86. The Hall–Kier alpha value is -3.94. The second-order valence-corrected chi connectivity index (χ2v) is 10.3. The van der Waals surface area contributed by atoms with Crippen LogP contribution in [-0.4, -0.2) is 37.7 Å². The number of anilines is 2. The Kier molecular flexibility index (Phi) is 10.9. The average molecular weight is 544 g/mol. The van der Waals surface area contributed by atoms with Gasteiger partial charge in [0.15, 0.2) is 0 Å². The molecular weight excluding hydrogens is 502 g/mol. The highest BCUT2D eigenvalue weighted by Crippen LogP contribution is 2.34. The van der Waals surface area contributed by atoms with Crippen LogP contribution in [0.2, 0.25) is 0 Å². The molecule has 1 fully saturated rings. The van der Waals surface area contributed by atoms with Gasteiger partial charge >= 0.3 is 0 Å². The number of nitrogens with zero attached hydrogens (tertiary/aromatic N) is 5. The maximum Gasteiger partial charge on any atom is 0.269 e. The van der Waals surface area contributed by atoms with Crippen LogP contribution in [0, 0.1) is 10.1 Å². The zero-order chi connectivity index (χ0) is 28.2. The van der Waals surface area contributed by atoms with E-state index in [0.717, 1.165) is 57.5 Å². The van der Waals surface area contributed by atoms with Gasteiger partial charge in [-0.2, -0.15) is 5.11 Å². The fourth-order valence-electron chi connectivity index (χ4n) is 4.86. The van der Waals surface area contributed by atoms with Crippen LogP contribution in [0.15, 0.2) is 77.0 Å². The summed E-state index contributed by atoms with van der Waals surface area (Å²) in [6.07, 6.45) is 8.19. The van der Waals surface area contributed by atoms with Gasteiger partial charge in [-0.3, -0.25) is 10.1 Å². The molecule has 0 amide bonds. The van der Waals surface area contributed by atoms with Crippen molar-refractivity contribution < 1.29 is 9.66 Å². The van der Waals surface area contributed by atoms with E-state index in [0.29, 0.717) is 23.7 Å². The molecule has 8 heteroatoms. The summed E-state index contributed by atoms with van der Waals surface area (Å²) in [4.78, 5) is 15.3. The number of unbranched alkanes of at least 4 members (excludes halogenated alkanes) is 4. The molecule has 212 valence electrons. The van der Waals surface area contributed by atoms with Gasteiger partial charge < -0.3 is 14.5 Å². The summed E-state index contributed by atoms with van der Waals surface area (Å²) < 4.78 is 6.17. The molecule has 0 saturated carbocycles. The van der Waals surface area contributed by atoms with E-state index in [-0.39, 0.29) is 5.69 Å². The Morgan fingerprint density at radius 3 is 2.05 bits per heavy atom. The van der Waals surface area contributed by atoms with Crippen molar-refractivity contribution in [3.05, 3.63) is 82.4 Å². The molecule has 40 heavy (non-hydrogen) atoms. The largest absolute Gasteiger partial charge is 0.491 e. The van der Waals surface area contributed by atoms with Crippen LogP contribution in [0.25, 0.3) is 0 Å². The van der Waals surface area contributed by atoms with Crippen LogP contribution in [0.4, 0.5) is 28.4 Å². The number of piperazine rings is 1. The number of nitro benzene ring substituents is 1. The molecule has 8 nitrogen and oxygen atoms in total. The lowest BCUT2D eigenvalue weighted by Crippen LogP contribution is -2.46. The van der Waals surface area contributed by atoms with Crippen molar-refractivity contribution in [3.8, 4) is 5.75 Å². The van der Waals surface area contributed by atoms with Crippen molar-refractivity contribution >= 4 is 28.4 Å². The van der Waals surface area contributed by atoms with E-state index in [1.54, 1.807) is 12.1 Å². The smallest absolute Gasteiger partial charge is 0.269 e. The van der Waals surface area contributed by atoms with Crippen molar-refractivity contribution in [2.24, 2.45) is 10.2 Å². The highest BCUT2D eigenvalue weighted by molar-refractivity contribution is 5.63. The molecule has 1 heterocycles. The number of nitro groups is 1.